The maximum atomic E-state index is 12.1. The first-order chi connectivity index (χ1) is 9.38. The first-order valence-corrected chi connectivity index (χ1v) is 6.95. The molecular formula is C14H22N4O2. The summed E-state index contributed by atoms with van der Waals surface area (Å²) in [7, 11) is 1.87. The highest BCUT2D eigenvalue weighted by Gasteiger charge is 2.35. The molecule has 0 bridgehead atoms. The first kappa shape index (κ1) is 14.6. The minimum atomic E-state index is -0.241. The lowest BCUT2D eigenvalue weighted by atomic mass is 10.1. The van der Waals surface area contributed by atoms with E-state index in [9.17, 15) is 9.59 Å². The number of aryl methyl sites for hydroxylation is 2. The molecule has 1 aromatic rings. The van der Waals surface area contributed by atoms with Gasteiger partial charge in [0.2, 0.25) is 11.8 Å². The summed E-state index contributed by atoms with van der Waals surface area (Å²) < 4.78 is 1.78. The summed E-state index contributed by atoms with van der Waals surface area (Å²) in [4.78, 5) is 25.6. The highest BCUT2D eigenvalue weighted by atomic mass is 16.2. The molecule has 0 spiro atoms. The van der Waals surface area contributed by atoms with Crippen LogP contribution in [0.1, 0.15) is 31.7 Å². The Balaban J connectivity index is 1.88. The number of carbonyl (C=O) groups excluding carboxylic acids is 2. The van der Waals surface area contributed by atoms with Gasteiger partial charge in [-0.05, 0) is 26.8 Å². The number of nitrogens with zero attached hydrogens (tertiary/aromatic N) is 3. The van der Waals surface area contributed by atoms with E-state index in [0.29, 0.717) is 19.5 Å². The van der Waals surface area contributed by atoms with Gasteiger partial charge in [-0.25, -0.2) is 0 Å². The number of hydrogen-bond donors (Lipinski definition) is 1. The van der Waals surface area contributed by atoms with Crippen molar-refractivity contribution >= 4 is 11.8 Å². The maximum Gasteiger partial charge on any atom is 0.225 e. The Morgan fingerprint density at radius 3 is 2.75 bits per heavy atom. The van der Waals surface area contributed by atoms with Crippen LogP contribution in [-0.4, -0.2) is 39.1 Å². The second-order valence-electron chi connectivity index (χ2n) is 5.66. The van der Waals surface area contributed by atoms with E-state index in [1.807, 2.05) is 33.9 Å². The molecule has 0 radical (unpaired) electrons. The molecule has 2 heterocycles. The van der Waals surface area contributed by atoms with Crippen LogP contribution in [0.3, 0.4) is 0 Å². The van der Waals surface area contributed by atoms with Crippen LogP contribution >= 0.6 is 0 Å². The van der Waals surface area contributed by atoms with Crippen molar-refractivity contribution in [3.8, 4) is 0 Å². The first-order valence-electron chi connectivity index (χ1n) is 6.95. The van der Waals surface area contributed by atoms with Crippen LogP contribution in [0.2, 0.25) is 0 Å². The number of amides is 2. The summed E-state index contributed by atoms with van der Waals surface area (Å²) >= 11 is 0. The molecule has 6 heteroatoms. The second kappa shape index (κ2) is 5.64. The van der Waals surface area contributed by atoms with Crippen LogP contribution in [0.15, 0.2) is 6.07 Å². The van der Waals surface area contributed by atoms with Gasteiger partial charge in [-0.15, -0.1) is 0 Å². The zero-order chi connectivity index (χ0) is 14.9. The number of carbonyl (C=O) groups is 2. The highest BCUT2D eigenvalue weighted by molar-refractivity contribution is 5.89. The van der Waals surface area contributed by atoms with E-state index < -0.39 is 0 Å². The largest absolute Gasteiger partial charge is 0.350 e. The Morgan fingerprint density at radius 2 is 2.25 bits per heavy atom. The van der Waals surface area contributed by atoms with Gasteiger partial charge in [-0.2, -0.15) is 5.10 Å². The van der Waals surface area contributed by atoms with Gasteiger partial charge >= 0.3 is 0 Å². The van der Waals surface area contributed by atoms with Gasteiger partial charge in [0.1, 0.15) is 0 Å². The Labute approximate surface area is 119 Å². The molecule has 2 amide bonds. The smallest absolute Gasteiger partial charge is 0.225 e. The highest BCUT2D eigenvalue weighted by Crippen LogP contribution is 2.20. The second-order valence-corrected chi connectivity index (χ2v) is 5.66. The summed E-state index contributed by atoms with van der Waals surface area (Å²) in [5.74, 6) is -0.242. The van der Waals surface area contributed by atoms with Crippen LogP contribution in [0.4, 0.5) is 0 Å². The fourth-order valence-corrected chi connectivity index (χ4v) is 2.45. The van der Waals surface area contributed by atoms with Crippen molar-refractivity contribution in [3.05, 3.63) is 17.5 Å². The number of likely N-dealkylation sites (tertiary alicyclic amines) is 1. The molecule has 0 aromatic carbocycles. The zero-order valence-corrected chi connectivity index (χ0v) is 12.5. The Hall–Kier alpha value is -1.85. The molecule has 1 saturated heterocycles. The Bertz CT molecular complexity index is 502. The van der Waals surface area contributed by atoms with E-state index in [1.165, 1.54) is 0 Å². The van der Waals surface area contributed by atoms with Gasteiger partial charge in [-0.3, -0.25) is 14.3 Å². The van der Waals surface area contributed by atoms with E-state index in [0.717, 1.165) is 11.4 Å². The number of hydrogen-bond acceptors (Lipinski definition) is 3. The van der Waals surface area contributed by atoms with Crippen molar-refractivity contribution in [2.75, 3.05) is 6.54 Å². The fourth-order valence-electron chi connectivity index (χ4n) is 2.45. The summed E-state index contributed by atoms with van der Waals surface area (Å²) in [5, 5.41) is 7.16. The molecular weight excluding hydrogens is 256 g/mol. The molecule has 1 aliphatic heterocycles. The van der Waals surface area contributed by atoms with Crippen molar-refractivity contribution in [2.24, 2.45) is 13.0 Å². The number of aromatic nitrogens is 2. The summed E-state index contributed by atoms with van der Waals surface area (Å²) in [6.45, 7) is 6.83. The van der Waals surface area contributed by atoms with E-state index in [1.54, 1.807) is 9.58 Å². The maximum absolute atomic E-state index is 12.1. The fraction of sp³-hybridized carbons (Fsp3) is 0.643. The van der Waals surface area contributed by atoms with Gasteiger partial charge < -0.3 is 10.2 Å². The van der Waals surface area contributed by atoms with Crippen molar-refractivity contribution in [2.45, 2.75) is 39.8 Å². The van der Waals surface area contributed by atoms with E-state index >= 15 is 0 Å². The van der Waals surface area contributed by atoms with Crippen LogP contribution in [0, 0.1) is 12.8 Å². The lowest BCUT2D eigenvalue weighted by Gasteiger charge is -2.20. The minimum Gasteiger partial charge on any atom is -0.350 e. The summed E-state index contributed by atoms with van der Waals surface area (Å²) in [5.41, 5.74) is 1.89. The molecule has 2 rings (SSSR count). The van der Waals surface area contributed by atoms with Gasteiger partial charge in [0.05, 0.1) is 18.2 Å². The molecule has 0 saturated carbocycles. The molecule has 6 nitrogen and oxygen atoms in total. The van der Waals surface area contributed by atoms with E-state index in [2.05, 4.69) is 10.4 Å². The third-order valence-electron chi connectivity index (χ3n) is 3.76. The monoisotopic (exact) mass is 278 g/mol. The van der Waals surface area contributed by atoms with Crippen LogP contribution < -0.4 is 5.32 Å². The Morgan fingerprint density at radius 1 is 1.55 bits per heavy atom. The average molecular weight is 278 g/mol. The molecule has 1 fully saturated rings. The predicted octanol–water partition coefficient (Wildman–Crippen LogP) is 0.602. The normalized spacial score (nSPS) is 18.9. The SMILES string of the molecule is Cc1cc(CNC(=O)C2CC(=O)N(C(C)C)C2)nn1C. The molecule has 1 N–H and O–H groups in total. The van der Waals surface area contributed by atoms with Gasteiger partial charge in [-0.1, -0.05) is 0 Å². The molecule has 1 unspecified atom stereocenters. The molecule has 1 aromatic heterocycles. The van der Waals surface area contributed by atoms with Gasteiger partial charge in [0.25, 0.3) is 0 Å². The average Bonchev–Trinajstić information content (AvgIpc) is 2.91. The van der Waals surface area contributed by atoms with E-state index in [-0.39, 0.29) is 23.8 Å². The minimum absolute atomic E-state index is 0.0637. The van der Waals surface area contributed by atoms with Crippen molar-refractivity contribution < 1.29 is 9.59 Å². The summed E-state index contributed by atoms with van der Waals surface area (Å²) in [6, 6.07) is 2.10. The van der Waals surface area contributed by atoms with Crippen LogP contribution in [-0.2, 0) is 23.2 Å². The lowest BCUT2D eigenvalue weighted by molar-refractivity contribution is -0.130. The molecule has 1 aliphatic rings. The van der Waals surface area contributed by atoms with E-state index in [4.69, 9.17) is 0 Å². The number of nitrogens with one attached hydrogen (secondary N) is 1. The third kappa shape index (κ3) is 3.00. The quantitative estimate of drug-likeness (QED) is 0.877. The number of rotatable bonds is 4. The zero-order valence-electron chi connectivity index (χ0n) is 12.5. The van der Waals surface area contributed by atoms with Crippen LogP contribution in [0.5, 0.6) is 0 Å². The van der Waals surface area contributed by atoms with Crippen molar-refractivity contribution in [1.29, 1.82) is 0 Å². The predicted molar refractivity (Wildman–Crippen MR) is 74.7 cm³/mol. The topological polar surface area (TPSA) is 67.2 Å². The lowest BCUT2D eigenvalue weighted by Crippen LogP contribution is -2.35. The van der Waals surface area contributed by atoms with Gasteiger partial charge in [0.15, 0.2) is 0 Å². The Kier molecular flexibility index (Phi) is 4.11. The van der Waals surface area contributed by atoms with Crippen molar-refractivity contribution in [3.63, 3.8) is 0 Å². The molecule has 20 heavy (non-hydrogen) atoms. The summed E-state index contributed by atoms with van der Waals surface area (Å²) in [6.07, 6.45) is 0.311. The molecule has 0 aliphatic carbocycles. The third-order valence-corrected chi connectivity index (χ3v) is 3.76. The van der Waals surface area contributed by atoms with Crippen LogP contribution in [0.25, 0.3) is 0 Å². The molecule has 1 atom stereocenters. The molecule has 110 valence electrons. The standard InChI is InChI=1S/C14H22N4O2/c1-9(2)18-8-11(6-13(18)19)14(20)15-7-12-5-10(3)17(4)16-12/h5,9,11H,6-8H2,1-4H3,(H,15,20). The van der Waals surface area contributed by atoms with Crippen molar-refractivity contribution in [1.82, 2.24) is 20.0 Å². The van der Waals surface area contributed by atoms with Gasteiger partial charge in [0, 0.05) is 31.7 Å².